The van der Waals surface area contributed by atoms with Crippen molar-refractivity contribution in [3.05, 3.63) is 51.4 Å². The van der Waals surface area contributed by atoms with Crippen LogP contribution in [0.3, 0.4) is 0 Å². The fourth-order valence-electron chi connectivity index (χ4n) is 3.87. The lowest BCUT2D eigenvalue weighted by Crippen LogP contribution is -2.37. The first-order valence-electron chi connectivity index (χ1n) is 10.1. The van der Waals surface area contributed by atoms with Gasteiger partial charge < -0.3 is 15.0 Å². The van der Waals surface area contributed by atoms with E-state index in [1.165, 1.54) is 18.3 Å². The third kappa shape index (κ3) is 3.77. The standard InChI is InChI=1S/C22H21N3O6S/c1-3-31-22(30)18-15-8-9-24(12(2)26)10-16(15)32-19(18)23-17(27)11-25-20(28)13-6-4-5-7-14(13)21(25)29/h4-7H,3,8-11H2,1-2H3,(H,23,27). The Hall–Kier alpha value is -3.53. The zero-order valence-electron chi connectivity index (χ0n) is 17.6. The molecule has 0 saturated carbocycles. The van der Waals surface area contributed by atoms with Crippen molar-refractivity contribution in [3.8, 4) is 0 Å². The number of esters is 1. The fourth-order valence-corrected chi connectivity index (χ4v) is 5.14. The Kier molecular flexibility index (Phi) is 5.79. The number of anilines is 1. The second kappa shape index (κ2) is 8.54. The summed E-state index contributed by atoms with van der Waals surface area (Å²) in [6.07, 6.45) is 0.466. The minimum absolute atomic E-state index is 0.0713. The van der Waals surface area contributed by atoms with Crippen LogP contribution in [0.4, 0.5) is 5.00 Å². The maximum absolute atomic E-state index is 12.8. The molecular weight excluding hydrogens is 434 g/mol. The second-order valence-corrected chi connectivity index (χ2v) is 8.51. The molecule has 0 bridgehead atoms. The van der Waals surface area contributed by atoms with Crippen molar-refractivity contribution in [2.45, 2.75) is 26.8 Å². The van der Waals surface area contributed by atoms with E-state index in [9.17, 15) is 24.0 Å². The van der Waals surface area contributed by atoms with Gasteiger partial charge in [0.05, 0.1) is 29.8 Å². The smallest absolute Gasteiger partial charge is 0.341 e. The SMILES string of the molecule is CCOC(=O)c1c(NC(=O)CN2C(=O)c3ccccc3C2=O)sc2c1CCN(C(C)=O)C2. The lowest BCUT2D eigenvalue weighted by molar-refractivity contribution is -0.129. The van der Waals surface area contributed by atoms with Crippen LogP contribution in [0.25, 0.3) is 0 Å². The molecule has 4 amide bonds. The average Bonchev–Trinajstić information content (AvgIpc) is 3.23. The molecule has 0 fully saturated rings. The Morgan fingerprint density at radius 2 is 1.78 bits per heavy atom. The van der Waals surface area contributed by atoms with E-state index in [0.717, 1.165) is 15.3 Å². The third-order valence-corrected chi connectivity index (χ3v) is 6.55. The molecule has 0 saturated heterocycles. The summed E-state index contributed by atoms with van der Waals surface area (Å²) in [6, 6.07) is 6.39. The van der Waals surface area contributed by atoms with E-state index in [-0.39, 0.29) is 29.2 Å². The summed E-state index contributed by atoms with van der Waals surface area (Å²) in [4.78, 5) is 65.6. The second-order valence-electron chi connectivity index (χ2n) is 7.41. The highest BCUT2D eigenvalue weighted by Gasteiger charge is 2.37. The van der Waals surface area contributed by atoms with Gasteiger partial charge >= 0.3 is 5.97 Å². The Labute approximate surface area is 187 Å². The van der Waals surface area contributed by atoms with E-state index in [2.05, 4.69) is 5.32 Å². The lowest BCUT2D eigenvalue weighted by atomic mass is 10.0. The number of hydrogen-bond acceptors (Lipinski definition) is 7. The molecule has 9 nitrogen and oxygen atoms in total. The quantitative estimate of drug-likeness (QED) is 0.546. The molecule has 0 aliphatic carbocycles. The van der Waals surface area contributed by atoms with Crippen molar-refractivity contribution in [1.82, 2.24) is 9.80 Å². The first kappa shape index (κ1) is 21.7. The number of nitrogens with zero attached hydrogens (tertiary/aromatic N) is 2. The van der Waals surface area contributed by atoms with Crippen LogP contribution in [0.2, 0.25) is 0 Å². The summed E-state index contributed by atoms with van der Waals surface area (Å²) < 4.78 is 5.18. The van der Waals surface area contributed by atoms with Crippen LogP contribution >= 0.6 is 11.3 Å². The number of fused-ring (bicyclic) bond motifs is 2. The number of rotatable bonds is 5. The lowest BCUT2D eigenvalue weighted by Gasteiger charge is -2.25. The zero-order valence-corrected chi connectivity index (χ0v) is 18.4. The van der Waals surface area contributed by atoms with Gasteiger partial charge in [0, 0.05) is 18.3 Å². The average molecular weight is 455 g/mol. The number of hydrogen-bond donors (Lipinski definition) is 1. The van der Waals surface area contributed by atoms with Crippen molar-refractivity contribution in [2.75, 3.05) is 25.0 Å². The molecule has 2 aliphatic heterocycles. The Morgan fingerprint density at radius 3 is 2.38 bits per heavy atom. The van der Waals surface area contributed by atoms with Gasteiger partial charge in [-0.05, 0) is 31.0 Å². The third-order valence-electron chi connectivity index (χ3n) is 5.41. The Morgan fingerprint density at radius 1 is 1.12 bits per heavy atom. The minimum Gasteiger partial charge on any atom is -0.462 e. The van der Waals surface area contributed by atoms with Gasteiger partial charge in [-0.25, -0.2) is 4.79 Å². The van der Waals surface area contributed by atoms with E-state index in [0.29, 0.717) is 24.5 Å². The number of benzene rings is 1. The van der Waals surface area contributed by atoms with Gasteiger partial charge in [0.2, 0.25) is 11.8 Å². The van der Waals surface area contributed by atoms with Crippen molar-refractivity contribution in [1.29, 1.82) is 0 Å². The summed E-state index contributed by atoms with van der Waals surface area (Å²) in [6.45, 7) is 3.68. The molecule has 3 heterocycles. The number of carbonyl (C=O) groups excluding carboxylic acids is 5. The number of nitrogens with one attached hydrogen (secondary N) is 1. The van der Waals surface area contributed by atoms with E-state index in [1.54, 1.807) is 36.1 Å². The molecule has 0 radical (unpaired) electrons. The van der Waals surface area contributed by atoms with E-state index in [1.807, 2.05) is 0 Å². The topological polar surface area (TPSA) is 113 Å². The molecule has 0 atom stereocenters. The van der Waals surface area contributed by atoms with Crippen LogP contribution < -0.4 is 5.32 Å². The maximum Gasteiger partial charge on any atom is 0.341 e. The molecule has 0 unspecified atom stereocenters. The first-order valence-corrected chi connectivity index (χ1v) is 11.0. The predicted octanol–water partition coefficient (Wildman–Crippen LogP) is 2.06. The first-order chi connectivity index (χ1) is 15.3. The van der Waals surface area contributed by atoms with E-state index < -0.39 is 30.2 Å². The van der Waals surface area contributed by atoms with Crippen molar-refractivity contribution in [2.24, 2.45) is 0 Å². The summed E-state index contributed by atoms with van der Waals surface area (Å²) in [5.41, 5.74) is 1.54. The van der Waals surface area contributed by atoms with Crippen LogP contribution in [0, 0.1) is 0 Å². The van der Waals surface area contributed by atoms with Crippen LogP contribution in [0.15, 0.2) is 24.3 Å². The predicted molar refractivity (Wildman–Crippen MR) is 116 cm³/mol. The van der Waals surface area contributed by atoms with Crippen molar-refractivity contribution < 1.29 is 28.7 Å². The summed E-state index contributed by atoms with van der Waals surface area (Å²) in [5.74, 6) is -2.30. The molecule has 166 valence electrons. The highest BCUT2D eigenvalue weighted by atomic mass is 32.1. The van der Waals surface area contributed by atoms with Gasteiger partial charge in [0.1, 0.15) is 11.5 Å². The van der Waals surface area contributed by atoms with Gasteiger partial charge in [0.15, 0.2) is 0 Å². The molecule has 2 aromatic rings. The molecule has 10 heteroatoms. The molecular formula is C22H21N3O6S. The van der Waals surface area contributed by atoms with Crippen LogP contribution in [0.5, 0.6) is 0 Å². The van der Waals surface area contributed by atoms with E-state index >= 15 is 0 Å². The monoisotopic (exact) mass is 455 g/mol. The Bertz CT molecular complexity index is 1120. The largest absolute Gasteiger partial charge is 0.462 e. The number of amides is 4. The highest BCUT2D eigenvalue weighted by Crippen LogP contribution is 2.38. The molecule has 2 aliphatic rings. The molecule has 1 aromatic heterocycles. The van der Waals surface area contributed by atoms with Crippen LogP contribution in [-0.4, -0.2) is 59.1 Å². The summed E-state index contributed by atoms with van der Waals surface area (Å²) in [7, 11) is 0. The maximum atomic E-state index is 12.8. The number of carbonyl (C=O) groups is 5. The van der Waals surface area contributed by atoms with Gasteiger partial charge in [-0.1, -0.05) is 12.1 Å². The Balaban J connectivity index is 1.57. The molecule has 0 spiro atoms. The molecule has 32 heavy (non-hydrogen) atoms. The van der Waals surface area contributed by atoms with Gasteiger partial charge in [-0.15, -0.1) is 11.3 Å². The van der Waals surface area contributed by atoms with Crippen LogP contribution in [0.1, 0.15) is 55.4 Å². The number of thiophene rings is 1. The fraction of sp³-hybridized carbons (Fsp3) is 0.318. The summed E-state index contributed by atoms with van der Waals surface area (Å²) in [5, 5.41) is 2.97. The number of imide groups is 1. The number of ether oxygens (including phenoxy) is 1. The van der Waals surface area contributed by atoms with Crippen molar-refractivity contribution in [3.63, 3.8) is 0 Å². The normalized spacial score (nSPS) is 14.8. The molecule has 1 N–H and O–H groups in total. The zero-order chi connectivity index (χ0) is 23.0. The van der Waals surface area contributed by atoms with Crippen molar-refractivity contribution >= 4 is 45.9 Å². The van der Waals surface area contributed by atoms with Gasteiger partial charge in [-0.2, -0.15) is 0 Å². The highest BCUT2D eigenvalue weighted by molar-refractivity contribution is 7.17. The molecule has 4 rings (SSSR count). The van der Waals surface area contributed by atoms with Crippen LogP contribution in [-0.2, 0) is 27.3 Å². The minimum atomic E-state index is -0.605. The van der Waals surface area contributed by atoms with Gasteiger partial charge in [0.25, 0.3) is 11.8 Å². The van der Waals surface area contributed by atoms with Gasteiger partial charge in [-0.3, -0.25) is 24.1 Å². The summed E-state index contributed by atoms with van der Waals surface area (Å²) >= 11 is 1.20. The van der Waals surface area contributed by atoms with E-state index in [4.69, 9.17) is 4.74 Å². The molecule has 1 aromatic carbocycles.